The second kappa shape index (κ2) is 6.45. The number of hydrogen-bond donors (Lipinski definition) is 1. The van der Waals surface area contributed by atoms with E-state index >= 15 is 0 Å². The van der Waals surface area contributed by atoms with Crippen LogP contribution in [0.1, 0.15) is 18.6 Å². The van der Waals surface area contributed by atoms with E-state index in [9.17, 15) is 0 Å². The van der Waals surface area contributed by atoms with Crippen LogP contribution >= 0.6 is 0 Å². The summed E-state index contributed by atoms with van der Waals surface area (Å²) in [5, 5.41) is 8.43. The first kappa shape index (κ1) is 13.7. The van der Waals surface area contributed by atoms with Gasteiger partial charge in [-0.3, -0.25) is 4.57 Å². The Morgan fingerprint density at radius 2 is 1.89 bits per heavy atom. The van der Waals surface area contributed by atoms with Gasteiger partial charge in [0, 0.05) is 25.8 Å². The summed E-state index contributed by atoms with van der Waals surface area (Å²) in [6.07, 6.45) is 0.815. The van der Waals surface area contributed by atoms with Crippen LogP contribution in [0.5, 0.6) is 0 Å². The fourth-order valence-corrected chi connectivity index (χ4v) is 2.15. The van der Waals surface area contributed by atoms with Crippen LogP contribution in [0.15, 0.2) is 30.3 Å². The summed E-state index contributed by atoms with van der Waals surface area (Å²) in [7, 11) is 1.71. The summed E-state index contributed by atoms with van der Waals surface area (Å²) in [4.78, 5) is 0. The van der Waals surface area contributed by atoms with Crippen molar-refractivity contribution in [3.05, 3.63) is 42.0 Å². The highest BCUT2D eigenvalue weighted by Gasteiger charge is 2.15. The van der Waals surface area contributed by atoms with Gasteiger partial charge in [0.15, 0.2) is 5.82 Å². The second-order valence-corrected chi connectivity index (χ2v) is 4.67. The van der Waals surface area contributed by atoms with Crippen LogP contribution in [0.3, 0.4) is 0 Å². The summed E-state index contributed by atoms with van der Waals surface area (Å²) in [6, 6.07) is 10.1. The second-order valence-electron chi connectivity index (χ2n) is 4.67. The minimum absolute atomic E-state index is 0.376. The summed E-state index contributed by atoms with van der Waals surface area (Å²) in [6.45, 7) is 3.22. The highest BCUT2D eigenvalue weighted by Crippen LogP contribution is 2.15. The third kappa shape index (κ3) is 3.19. The van der Waals surface area contributed by atoms with Gasteiger partial charge in [0.25, 0.3) is 0 Å². The number of para-hydroxylation sites is 1. The first-order valence-electron chi connectivity index (χ1n) is 6.43. The van der Waals surface area contributed by atoms with E-state index in [2.05, 4.69) is 17.1 Å². The number of rotatable bonds is 6. The molecule has 2 rings (SSSR count). The molecule has 0 bridgehead atoms. The van der Waals surface area contributed by atoms with Crippen molar-refractivity contribution in [3.63, 3.8) is 0 Å². The average molecular weight is 260 g/mol. The summed E-state index contributed by atoms with van der Waals surface area (Å²) in [5.41, 5.74) is 6.79. The Kier molecular flexibility index (Phi) is 4.65. The lowest BCUT2D eigenvalue weighted by Gasteiger charge is -2.12. The molecule has 0 fully saturated rings. The Hall–Kier alpha value is -1.72. The van der Waals surface area contributed by atoms with E-state index in [4.69, 9.17) is 10.5 Å². The van der Waals surface area contributed by atoms with E-state index in [1.165, 1.54) is 0 Å². The van der Waals surface area contributed by atoms with Gasteiger partial charge < -0.3 is 10.5 Å². The highest BCUT2D eigenvalue weighted by molar-refractivity contribution is 5.34. The van der Waals surface area contributed by atoms with Crippen LogP contribution in [-0.2, 0) is 17.7 Å². The van der Waals surface area contributed by atoms with Crippen molar-refractivity contribution in [2.24, 2.45) is 11.7 Å². The van der Waals surface area contributed by atoms with E-state index in [-0.39, 0.29) is 0 Å². The normalized spacial score (nSPS) is 12.6. The third-order valence-corrected chi connectivity index (χ3v) is 2.98. The number of ether oxygens (including phenoxy) is 1. The van der Waals surface area contributed by atoms with Gasteiger partial charge in [-0.15, -0.1) is 10.2 Å². The third-order valence-electron chi connectivity index (χ3n) is 2.98. The fraction of sp³-hybridized carbons (Fsp3) is 0.429. The van der Waals surface area contributed by atoms with Crippen molar-refractivity contribution in [1.29, 1.82) is 0 Å². The molecule has 1 unspecified atom stereocenters. The van der Waals surface area contributed by atoms with E-state index in [1.807, 2.05) is 34.9 Å². The maximum Gasteiger partial charge on any atom is 0.151 e. The predicted molar refractivity (Wildman–Crippen MR) is 74.0 cm³/mol. The van der Waals surface area contributed by atoms with Crippen LogP contribution in [0.25, 0.3) is 5.69 Å². The van der Waals surface area contributed by atoms with Crippen molar-refractivity contribution >= 4 is 0 Å². The molecule has 1 aromatic heterocycles. The molecule has 0 amide bonds. The Balaban J connectivity index is 2.32. The molecule has 0 saturated carbocycles. The molecule has 1 heterocycles. The Bertz CT molecular complexity index is 509. The number of methoxy groups -OCH3 is 1. The average Bonchev–Trinajstić information content (AvgIpc) is 2.82. The van der Waals surface area contributed by atoms with Gasteiger partial charge >= 0.3 is 0 Å². The molecular weight excluding hydrogens is 240 g/mol. The molecule has 5 nitrogen and oxygen atoms in total. The lowest BCUT2D eigenvalue weighted by Crippen LogP contribution is -2.13. The van der Waals surface area contributed by atoms with Crippen LogP contribution in [0, 0.1) is 5.92 Å². The first-order chi connectivity index (χ1) is 9.26. The summed E-state index contributed by atoms with van der Waals surface area (Å²) < 4.78 is 7.21. The molecule has 102 valence electrons. The number of hydrogen-bond acceptors (Lipinski definition) is 4. The van der Waals surface area contributed by atoms with Crippen LogP contribution < -0.4 is 5.73 Å². The predicted octanol–water partition coefficient (Wildman–Crippen LogP) is 1.55. The molecule has 0 aliphatic carbocycles. The molecule has 5 heteroatoms. The molecule has 2 aromatic rings. The Morgan fingerprint density at radius 1 is 1.21 bits per heavy atom. The van der Waals surface area contributed by atoms with Gasteiger partial charge in [-0.25, -0.2) is 0 Å². The van der Waals surface area contributed by atoms with Gasteiger partial charge in [0.05, 0.1) is 6.54 Å². The van der Waals surface area contributed by atoms with Crippen molar-refractivity contribution in [2.45, 2.75) is 19.9 Å². The van der Waals surface area contributed by atoms with Gasteiger partial charge in [0.1, 0.15) is 5.82 Å². The van der Waals surface area contributed by atoms with Crippen molar-refractivity contribution in [3.8, 4) is 5.69 Å². The maximum atomic E-state index is 5.74. The van der Waals surface area contributed by atoms with Gasteiger partial charge in [-0.1, -0.05) is 25.1 Å². The van der Waals surface area contributed by atoms with E-state index in [0.717, 1.165) is 23.8 Å². The molecule has 2 N–H and O–H groups in total. The number of nitrogens with two attached hydrogens (primary N) is 1. The largest absolute Gasteiger partial charge is 0.384 e. The smallest absolute Gasteiger partial charge is 0.151 e. The lowest BCUT2D eigenvalue weighted by molar-refractivity contribution is 0.158. The molecular formula is C14H20N4O. The Labute approximate surface area is 113 Å². The summed E-state index contributed by atoms with van der Waals surface area (Å²) in [5.74, 6) is 2.10. The molecule has 1 atom stereocenters. The molecule has 19 heavy (non-hydrogen) atoms. The molecule has 0 radical (unpaired) electrons. The number of aromatic nitrogens is 3. The van der Waals surface area contributed by atoms with E-state index in [0.29, 0.717) is 19.1 Å². The SMILES string of the molecule is COCC(C)Cc1nnc(CN)n1-c1ccccc1. The standard InChI is InChI=1S/C14H20N4O/c1-11(10-19-2)8-13-16-17-14(9-15)18(13)12-6-4-3-5-7-12/h3-7,11H,8-10,15H2,1-2H3. The topological polar surface area (TPSA) is 66.0 Å². The molecule has 1 aromatic carbocycles. The quantitative estimate of drug-likeness (QED) is 0.855. The van der Waals surface area contributed by atoms with Gasteiger partial charge in [-0.05, 0) is 18.1 Å². The molecule has 0 saturated heterocycles. The zero-order valence-corrected chi connectivity index (χ0v) is 11.4. The van der Waals surface area contributed by atoms with E-state index < -0.39 is 0 Å². The molecule has 0 aliphatic heterocycles. The fourth-order valence-electron chi connectivity index (χ4n) is 2.15. The van der Waals surface area contributed by atoms with Crippen LogP contribution in [-0.4, -0.2) is 28.5 Å². The highest BCUT2D eigenvalue weighted by atomic mass is 16.5. The zero-order chi connectivity index (χ0) is 13.7. The van der Waals surface area contributed by atoms with Crippen LogP contribution in [0.4, 0.5) is 0 Å². The lowest BCUT2D eigenvalue weighted by atomic mass is 10.1. The molecule has 0 aliphatic rings. The minimum atomic E-state index is 0.376. The maximum absolute atomic E-state index is 5.74. The Morgan fingerprint density at radius 3 is 2.53 bits per heavy atom. The number of nitrogens with zero attached hydrogens (tertiary/aromatic N) is 3. The first-order valence-corrected chi connectivity index (χ1v) is 6.43. The summed E-state index contributed by atoms with van der Waals surface area (Å²) >= 11 is 0. The van der Waals surface area contributed by atoms with Crippen molar-refractivity contribution in [2.75, 3.05) is 13.7 Å². The van der Waals surface area contributed by atoms with Gasteiger partial charge in [-0.2, -0.15) is 0 Å². The van der Waals surface area contributed by atoms with Crippen molar-refractivity contribution < 1.29 is 4.74 Å². The van der Waals surface area contributed by atoms with Crippen molar-refractivity contribution in [1.82, 2.24) is 14.8 Å². The number of benzene rings is 1. The minimum Gasteiger partial charge on any atom is -0.384 e. The van der Waals surface area contributed by atoms with E-state index in [1.54, 1.807) is 7.11 Å². The van der Waals surface area contributed by atoms with Crippen LogP contribution in [0.2, 0.25) is 0 Å². The van der Waals surface area contributed by atoms with Gasteiger partial charge in [0.2, 0.25) is 0 Å². The zero-order valence-electron chi connectivity index (χ0n) is 11.4. The molecule has 0 spiro atoms. The monoisotopic (exact) mass is 260 g/mol.